The van der Waals surface area contributed by atoms with E-state index in [0.29, 0.717) is 12.5 Å². The first-order valence-corrected chi connectivity index (χ1v) is 8.87. The Morgan fingerprint density at radius 3 is 2.88 bits per heavy atom. The Bertz CT molecular complexity index is 696. The lowest BCUT2D eigenvalue weighted by Gasteiger charge is -2.32. The summed E-state index contributed by atoms with van der Waals surface area (Å²) < 4.78 is 7.33. The van der Waals surface area contributed by atoms with Crippen molar-refractivity contribution >= 4 is 11.6 Å². The van der Waals surface area contributed by atoms with Crippen LogP contribution in [0.5, 0.6) is 5.75 Å². The monoisotopic (exact) mass is 342 g/mol. The first-order chi connectivity index (χ1) is 12.2. The van der Waals surface area contributed by atoms with Gasteiger partial charge in [0, 0.05) is 37.1 Å². The highest BCUT2D eigenvalue weighted by molar-refractivity contribution is 5.92. The van der Waals surface area contributed by atoms with Gasteiger partial charge >= 0.3 is 0 Å². The predicted octanol–water partition coefficient (Wildman–Crippen LogP) is 2.73. The van der Waals surface area contributed by atoms with Gasteiger partial charge in [-0.25, -0.2) is 4.98 Å². The molecule has 25 heavy (non-hydrogen) atoms. The molecule has 1 amide bonds. The molecule has 3 rings (SSSR count). The number of aryl methyl sites for hydroxylation is 1. The number of hydrogen-bond donors (Lipinski definition) is 1. The molecule has 1 fully saturated rings. The molecule has 0 radical (unpaired) electrons. The molecule has 0 spiro atoms. The van der Waals surface area contributed by atoms with Crippen LogP contribution in [0.15, 0.2) is 36.7 Å². The summed E-state index contributed by atoms with van der Waals surface area (Å²) in [6, 6.07) is 7.40. The molecule has 0 aliphatic carbocycles. The molecule has 0 bridgehead atoms. The SMILES string of the molecule is CCn1ccnc1[C@H]1CCCN(CC(=O)Nc2ccc(OC)cc2)C1. The molecule has 1 aliphatic rings. The number of ether oxygens (including phenoxy) is 1. The maximum absolute atomic E-state index is 12.3. The van der Waals surface area contributed by atoms with Crippen LogP contribution in [0.1, 0.15) is 31.5 Å². The van der Waals surface area contributed by atoms with Crippen LogP contribution >= 0.6 is 0 Å². The Labute approximate surface area is 148 Å². The third-order valence-corrected chi connectivity index (χ3v) is 4.70. The number of likely N-dealkylation sites (tertiary alicyclic amines) is 1. The number of anilines is 1. The maximum atomic E-state index is 12.3. The van der Waals surface area contributed by atoms with Crippen LogP contribution in [0.3, 0.4) is 0 Å². The molecule has 6 heteroatoms. The lowest BCUT2D eigenvalue weighted by molar-refractivity contribution is -0.117. The summed E-state index contributed by atoms with van der Waals surface area (Å²) in [4.78, 5) is 19.1. The highest BCUT2D eigenvalue weighted by Gasteiger charge is 2.25. The number of aromatic nitrogens is 2. The van der Waals surface area contributed by atoms with E-state index >= 15 is 0 Å². The van der Waals surface area contributed by atoms with Gasteiger partial charge in [-0.1, -0.05) is 0 Å². The van der Waals surface area contributed by atoms with Crippen molar-refractivity contribution in [3.05, 3.63) is 42.5 Å². The van der Waals surface area contributed by atoms with Gasteiger partial charge < -0.3 is 14.6 Å². The van der Waals surface area contributed by atoms with Crippen LogP contribution in [0.4, 0.5) is 5.69 Å². The van der Waals surface area contributed by atoms with E-state index in [1.165, 1.54) is 0 Å². The van der Waals surface area contributed by atoms with Gasteiger partial charge in [-0.2, -0.15) is 0 Å². The van der Waals surface area contributed by atoms with Gasteiger partial charge in [-0.3, -0.25) is 9.69 Å². The number of benzene rings is 1. The number of nitrogens with zero attached hydrogens (tertiary/aromatic N) is 3. The quantitative estimate of drug-likeness (QED) is 0.877. The first kappa shape index (κ1) is 17.5. The summed E-state index contributed by atoms with van der Waals surface area (Å²) >= 11 is 0. The lowest BCUT2D eigenvalue weighted by Crippen LogP contribution is -2.40. The zero-order valence-electron chi connectivity index (χ0n) is 14.9. The molecule has 1 saturated heterocycles. The van der Waals surface area contributed by atoms with Crippen LogP contribution in [-0.4, -0.2) is 47.1 Å². The van der Waals surface area contributed by atoms with Crippen molar-refractivity contribution in [1.29, 1.82) is 0 Å². The second-order valence-corrected chi connectivity index (χ2v) is 6.42. The molecule has 6 nitrogen and oxygen atoms in total. The van der Waals surface area contributed by atoms with Gasteiger partial charge in [0.05, 0.1) is 13.7 Å². The fourth-order valence-corrected chi connectivity index (χ4v) is 3.44. The lowest BCUT2D eigenvalue weighted by atomic mass is 9.97. The van der Waals surface area contributed by atoms with Crippen LogP contribution in [0.25, 0.3) is 0 Å². The topological polar surface area (TPSA) is 59.4 Å². The van der Waals surface area contributed by atoms with E-state index < -0.39 is 0 Å². The molecule has 2 heterocycles. The first-order valence-electron chi connectivity index (χ1n) is 8.87. The molecular formula is C19H26N4O2. The standard InChI is InChI=1S/C19H26N4O2/c1-3-23-12-10-20-19(23)15-5-4-11-22(13-15)14-18(24)21-16-6-8-17(25-2)9-7-16/h6-10,12,15H,3-5,11,13-14H2,1-2H3,(H,21,24)/t15-/m0/s1. The molecule has 1 aliphatic heterocycles. The molecule has 1 atom stereocenters. The van der Waals surface area contributed by atoms with Gasteiger partial charge in [0.1, 0.15) is 11.6 Å². The third-order valence-electron chi connectivity index (χ3n) is 4.70. The fraction of sp³-hybridized carbons (Fsp3) is 0.474. The normalized spacial score (nSPS) is 18.1. The van der Waals surface area contributed by atoms with E-state index in [-0.39, 0.29) is 5.91 Å². The number of piperidine rings is 1. The highest BCUT2D eigenvalue weighted by atomic mass is 16.5. The second-order valence-electron chi connectivity index (χ2n) is 6.42. The summed E-state index contributed by atoms with van der Waals surface area (Å²) in [5.74, 6) is 2.34. The van der Waals surface area contributed by atoms with Crippen molar-refractivity contribution in [2.75, 3.05) is 32.1 Å². The maximum Gasteiger partial charge on any atom is 0.238 e. The highest BCUT2D eigenvalue weighted by Crippen LogP contribution is 2.25. The minimum absolute atomic E-state index is 0.0182. The van der Waals surface area contributed by atoms with Crippen molar-refractivity contribution in [1.82, 2.24) is 14.5 Å². The van der Waals surface area contributed by atoms with Gasteiger partial charge in [0.15, 0.2) is 0 Å². The number of imidazole rings is 1. The molecule has 134 valence electrons. The van der Waals surface area contributed by atoms with Gasteiger partial charge in [-0.15, -0.1) is 0 Å². The van der Waals surface area contributed by atoms with Crippen molar-refractivity contribution in [3.8, 4) is 5.75 Å². The summed E-state index contributed by atoms with van der Waals surface area (Å²) in [6.07, 6.45) is 6.13. The molecule has 2 aromatic rings. The van der Waals surface area contributed by atoms with Gasteiger partial charge in [0.25, 0.3) is 0 Å². The van der Waals surface area contributed by atoms with Crippen molar-refractivity contribution in [3.63, 3.8) is 0 Å². The minimum atomic E-state index is 0.0182. The predicted molar refractivity (Wildman–Crippen MR) is 97.9 cm³/mol. The van der Waals surface area contributed by atoms with Crippen LogP contribution in [0, 0.1) is 0 Å². The second kappa shape index (κ2) is 8.16. The molecule has 1 aromatic heterocycles. The van der Waals surface area contributed by atoms with Gasteiger partial charge in [0.2, 0.25) is 5.91 Å². The third kappa shape index (κ3) is 4.39. The average Bonchev–Trinajstić information content (AvgIpc) is 3.11. The Morgan fingerprint density at radius 1 is 1.36 bits per heavy atom. The Hall–Kier alpha value is -2.34. The number of carbonyl (C=O) groups excluding carboxylic acids is 1. The number of nitrogens with one attached hydrogen (secondary N) is 1. The summed E-state index contributed by atoms with van der Waals surface area (Å²) in [5.41, 5.74) is 0.792. The van der Waals surface area contributed by atoms with Crippen molar-refractivity contribution in [2.45, 2.75) is 32.2 Å². The zero-order valence-corrected chi connectivity index (χ0v) is 14.9. The average molecular weight is 342 g/mol. The van der Waals surface area contributed by atoms with Gasteiger partial charge in [-0.05, 0) is 50.6 Å². The van der Waals surface area contributed by atoms with E-state index in [2.05, 4.69) is 26.7 Å². The molecular weight excluding hydrogens is 316 g/mol. The molecule has 0 saturated carbocycles. The smallest absolute Gasteiger partial charge is 0.238 e. The number of carbonyl (C=O) groups is 1. The number of amides is 1. The fourth-order valence-electron chi connectivity index (χ4n) is 3.44. The van der Waals surface area contributed by atoms with Crippen LogP contribution in [-0.2, 0) is 11.3 Å². The zero-order chi connectivity index (χ0) is 17.6. The number of methoxy groups -OCH3 is 1. The van der Waals surface area contributed by atoms with Crippen LogP contribution < -0.4 is 10.1 Å². The molecule has 0 unspecified atom stereocenters. The largest absolute Gasteiger partial charge is 0.497 e. The molecule has 1 aromatic carbocycles. The Balaban J connectivity index is 1.55. The van der Waals surface area contributed by atoms with E-state index in [0.717, 1.165) is 49.7 Å². The van der Waals surface area contributed by atoms with Crippen LogP contribution in [0.2, 0.25) is 0 Å². The molecule has 1 N–H and O–H groups in total. The minimum Gasteiger partial charge on any atom is -0.497 e. The number of hydrogen-bond acceptors (Lipinski definition) is 4. The number of rotatable bonds is 6. The van der Waals surface area contributed by atoms with E-state index in [9.17, 15) is 4.79 Å². The Kier molecular flexibility index (Phi) is 5.71. The summed E-state index contributed by atoms with van der Waals surface area (Å²) in [6.45, 7) is 5.32. The van der Waals surface area contributed by atoms with Crippen molar-refractivity contribution < 1.29 is 9.53 Å². The Morgan fingerprint density at radius 2 is 2.16 bits per heavy atom. The summed E-state index contributed by atoms with van der Waals surface area (Å²) in [7, 11) is 1.63. The van der Waals surface area contributed by atoms with E-state index in [1.54, 1.807) is 7.11 Å². The van der Waals surface area contributed by atoms with E-state index in [4.69, 9.17) is 4.74 Å². The van der Waals surface area contributed by atoms with E-state index in [1.807, 2.05) is 36.7 Å². The van der Waals surface area contributed by atoms with Crippen molar-refractivity contribution in [2.24, 2.45) is 0 Å². The summed E-state index contributed by atoms with van der Waals surface area (Å²) in [5, 5.41) is 2.96.